The first-order valence-electron chi connectivity index (χ1n) is 8.72. The van der Waals surface area contributed by atoms with E-state index < -0.39 is 4.87 Å². The summed E-state index contributed by atoms with van der Waals surface area (Å²) >= 11 is 1.43. The van der Waals surface area contributed by atoms with Gasteiger partial charge in [-0.1, -0.05) is 24.3 Å². The predicted molar refractivity (Wildman–Crippen MR) is 102 cm³/mol. The maximum atomic E-state index is 13.6. The summed E-state index contributed by atoms with van der Waals surface area (Å²) < 4.78 is 5.33. The number of hydrogen-bond acceptors (Lipinski definition) is 4. The fraction of sp³-hybridized carbons (Fsp3) is 0.300. The van der Waals surface area contributed by atoms with Crippen LogP contribution in [-0.2, 0) is 20.9 Å². The highest BCUT2D eigenvalue weighted by molar-refractivity contribution is 8.02. The minimum atomic E-state index is -1.00. The number of rotatable bonds is 2. The van der Waals surface area contributed by atoms with E-state index in [4.69, 9.17) is 4.74 Å². The molecule has 0 unspecified atom stereocenters. The summed E-state index contributed by atoms with van der Waals surface area (Å²) in [7, 11) is 1.60. The van der Waals surface area contributed by atoms with Gasteiger partial charge >= 0.3 is 0 Å². The molecular weight excluding hydrogens is 348 g/mol. The van der Waals surface area contributed by atoms with Crippen LogP contribution in [-0.4, -0.2) is 31.2 Å². The summed E-state index contributed by atoms with van der Waals surface area (Å²) in [4.78, 5) is 29.0. The minimum absolute atomic E-state index is 0.00156. The second-order valence-corrected chi connectivity index (χ2v) is 7.91. The number of thioether (sulfide) groups is 1. The van der Waals surface area contributed by atoms with Crippen molar-refractivity contribution in [2.75, 3.05) is 29.2 Å². The molecule has 1 fully saturated rings. The van der Waals surface area contributed by atoms with Crippen LogP contribution in [0.15, 0.2) is 42.5 Å². The van der Waals surface area contributed by atoms with Crippen molar-refractivity contribution in [1.29, 1.82) is 0 Å². The van der Waals surface area contributed by atoms with E-state index in [0.29, 0.717) is 23.7 Å². The molecule has 3 aliphatic heterocycles. The lowest BCUT2D eigenvalue weighted by Crippen LogP contribution is -2.50. The van der Waals surface area contributed by atoms with E-state index in [1.807, 2.05) is 41.3 Å². The molecule has 2 amide bonds. The van der Waals surface area contributed by atoms with Crippen molar-refractivity contribution in [3.05, 3.63) is 53.6 Å². The van der Waals surface area contributed by atoms with Gasteiger partial charge in [-0.05, 0) is 30.5 Å². The van der Waals surface area contributed by atoms with E-state index in [-0.39, 0.29) is 11.8 Å². The van der Waals surface area contributed by atoms with Crippen LogP contribution in [0.3, 0.4) is 0 Å². The molecule has 0 radical (unpaired) electrons. The number of fused-ring (bicyclic) bond motifs is 1. The molecule has 5 nitrogen and oxygen atoms in total. The van der Waals surface area contributed by atoms with Crippen molar-refractivity contribution in [3.63, 3.8) is 0 Å². The number of anilines is 2. The molecule has 0 saturated carbocycles. The van der Waals surface area contributed by atoms with Gasteiger partial charge < -0.3 is 9.64 Å². The Hall–Kier alpha value is -2.47. The summed E-state index contributed by atoms with van der Waals surface area (Å²) in [5.74, 6) is 0.913. The fourth-order valence-electron chi connectivity index (χ4n) is 4.33. The largest absolute Gasteiger partial charge is 0.497 e. The molecule has 0 bridgehead atoms. The van der Waals surface area contributed by atoms with Gasteiger partial charge in [-0.15, -0.1) is 11.8 Å². The molecule has 132 valence electrons. The van der Waals surface area contributed by atoms with Crippen LogP contribution in [0.5, 0.6) is 5.75 Å². The molecule has 0 aliphatic carbocycles. The van der Waals surface area contributed by atoms with Gasteiger partial charge in [0.15, 0.2) is 0 Å². The zero-order chi connectivity index (χ0) is 17.9. The van der Waals surface area contributed by atoms with E-state index in [1.165, 1.54) is 17.3 Å². The maximum absolute atomic E-state index is 13.6. The monoisotopic (exact) mass is 366 g/mol. The summed E-state index contributed by atoms with van der Waals surface area (Å²) in [6, 6.07) is 13.5. The van der Waals surface area contributed by atoms with Gasteiger partial charge in [-0.25, -0.2) is 0 Å². The quantitative estimate of drug-likeness (QED) is 0.820. The molecule has 2 aromatic carbocycles. The zero-order valence-electron chi connectivity index (χ0n) is 14.4. The number of hydrogen-bond donors (Lipinski definition) is 0. The fourth-order valence-corrected chi connectivity index (χ4v) is 5.68. The first-order chi connectivity index (χ1) is 12.7. The molecule has 1 saturated heterocycles. The first-order valence-corrected chi connectivity index (χ1v) is 9.71. The van der Waals surface area contributed by atoms with Crippen molar-refractivity contribution in [3.8, 4) is 5.75 Å². The van der Waals surface area contributed by atoms with Crippen LogP contribution in [0.1, 0.15) is 17.5 Å². The minimum Gasteiger partial charge on any atom is -0.497 e. The maximum Gasteiger partial charge on any atom is 0.268 e. The normalized spacial score (nSPS) is 23.7. The van der Waals surface area contributed by atoms with Crippen LogP contribution in [0.25, 0.3) is 0 Å². The van der Waals surface area contributed by atoms with Crippen LogP contribution >= 0.6 is 11.8 Å². The van der Waals surface area contributed by atoms with E-state index >= 15 is 0 Å². The Morgan fingerprint density at radius 2 is 2.00 bits per heavy atom. The molecule has 1 atom stereocenters. The number of amides is 2. The number of carbonyl (C=O) groups is 2. The third-order valence-corrected chi connectivity index (χ3v) is 6.78. The lowest BCUT2D eigenvalue weighted by Gasteiger charge is -2.33. The molecule has 5 rings (SSSR count). The number of methoxy groups -OCH3 is 1. The molecule has 0 aromatic heterocycles. The molecule has 3 aliphatic rings. The van der Waals surface area contributed by atoms with Gasteiger partial charge in [0.05, 0.1) is 18.6 Å². The molecule has 6 heteroatoms. The molecule has 3 heterocycles. The SMILES string of the molecule is COc1cccc(N2C(=O)CS[C@@]23C(=O)N2CCCc4cccc3c42)c1. The van der Waals surface area contributed by atoms with E-state index in [2.05, 4.69) is 6.07 Å². The van der Waals surface area contributed by atoms with E-state index in [0.717, 1.165) is 24.1 Å². The van der Waals surface area contributed by atoms with Gasteiger partial charge in [0.25, 0.3) is 5.91 Å². The third-order valence-electron chi connectivity index (χ3n) is 5.40. The Bertz CT molecular complexity index is 944. The number of benzene rings is 2. The van der Waals surface area contributed by atoms with Gasteiger partial charge in [-0.2, -0.15) is 0 Å². The summed E-state index contributed by atoms with van der Waals surface area (Å²) in [6.07, 6.45) is 1.93. The van der Waals surface area contributed by atoms with E-state index in [9.17, 15) is 9.59 Å². The Balaban J connectivity index is 1.74. The summed E-state index contributed by atoms with van der Waals surface area (Å²) in [6.45, 7) is 0.714. The lowest BCUT2D eigenvalue weighted by molar-refractivity contribution is -0.123. The standard InChI is InChI=1S/C20H18N2O3S/c1-25-15-8-3-7-14(11-15)22-17(23)12-26-20(22)16-9-2-5-13-6-4-10-21(18(13)16)19(20)24/h2-3,5,7-9,11H,4,6,10,12H2,1H3/t20-/m0/s1. The Morgan fingerprint density at radius 1 is 1.15 bits per heavy atom. The first kappa shape index (κ1) is 15.8. The Morgan fingerprint density at radius 3 is 2.85 bits per heavy atom. The van der Waals surface area contributed by atoms with Gasteiger partial charge in [-0.3, -0.25) is 14.5 Å². The van der Waals surface area contributed by atoms with Gasteiger partial charge in [0.2, 0.25) is 10.8 Å². The average molecular weight is 366 g/mol. The summed E-state index contributed by atoms with van der Waals surface area (Å²) in [5, 5.41) is 0. The number of para-hydroxylation sites is 1. The van der Waals surface area contributed by atoms with Crippen LogP contribution < -0.4 is 14.5 Å². The van der Waals surface area contributed by atoms with Crippen LogP contribution in [0, 0.1) is 0 Å². The Kier molecular flexibility index (Phi) is 3.34. The number of aryl methyl sites for hydroxylation is 1. The highest BCUT2D eigenvalue weighted by Gasteiger charge is 2.61. The zero-order valence-corrected chi connectivity index (χ0v) is 15.2. The number of nitrogens with zero attached hydrogens (tertiary/aromatic N) is 2. The van der Waals surface area contributed by atoms with Crippen LogP contribution in [0.2, 0.25) is 0 Å². The lowest BCUT2D eigenvalue weighted by atomic mass is 9.98. The molecule has 26 heavy (non-hydrogen) atoms. The smallest absolute Gasteiger partial charge is 0.268 e. The molecule has 0 N–H and O–H groups in total. The molecular formula is C20H18N2O3S. The van der Waals surface area contributed by atoms with Gasteiger partial charge in [0, 0.05) is 23.9 Å². The van der Waals surface area contributed by atoms with Crippen LogP contribution in [0.4, 0.5) is 11.4 Å². The Labute approximate surface area is 155 Å². The van der Waals surface area contributed by atoms with Crippen molar-refractivity contribution in [2.24, 2.45) is 0 Å². The van der Waals surface area contributed by atoms with Crippen molar-refractivity contribution >= 4 is 35.0 Å². The topological polar surface area (TPSA) is 49.9 Å². The number of carbonyl (C=O) groups excluding carboxylic acids is 2. The highest BCUT2D eigenvalue weighted by Crippen LogP contribution is 2.57. The van der Waals surface area contributed by atoms with Crippen molar-refractivity contribution in [2.45, 2.75) is 17.7 Å². The predicted octanol–water partition coefficient (Wildman–Crippen LogP) is 2.92. The molecule has 2 aromatic rings. The number of ether oxygens (including phenoxy) is 1. The van der Waals surface area contributed by atoms with Crippen molar-refractivity contribution < 1.29 is 14.3 Å². The van der Waals surface area contributed by atoms with E-state index in [1.54, 1.807) is 12.0 Å². The average Bonchev–Trinajstić information content (AvgIpc) is 3.15. The van der Waals surface area contributed by atoms with Crippen molar-refractivity contribution in [1.82, 2.24) is 0 Å². The second kappa shape index (κ2) is 5.51. The second-order valence-electron chi connectivity index (χ2n) is 6.74. The van der Waals surface area contributed by atoms with Gasteiger partial charge in [0.1, 0.15) is 5.75 Å². The highest BCUT2D eigenvalue weighted by atomic mass is 32.2. The third kappa shape index (κ3) is 1.88. The summed E-state index contributed by atoms with van der Waals surface area (Å²) in [5.41, 5.74) is 3.85. The molecule has 1 spiro atoms.